The number of nitrogens with two attached hydrogens (primary N) is 1. The van der Waals surface area contributed by atoms with Crippen LogP contribution in [-0.2, 0) is 13.1 Å². The van der Waals surface area contributed by atoms with Gasteiger partial charge in [-0.2, -0.15) is 0 Å². The number of likely N-dealkylation sites (N-methyl/N-ethyl adjacent to an activating group) is 1. The molecule has 0 bridgehead atoms. The molecule has 0 aliphatic carbocycles. The fourth-order valence-corrected chi connectivity index (χ4v) is 2.27. The van der Waals surface area contributed by atoms with Gasteiger partial charge in [-0.05, 0) is 26.6 Å². The van der Waals surface area contributed by atoms with Crippen molar-refractivity contribution in [1.29, 1.82) is 0 Å². The van der Waals surface area contributed by atoms with Gasteiger partial charge in [0.2, 0.25) is 0 Å². The van der Waals surface area contributed by atoms with E-state index in [2.05, 4.69) is 23.9 Å². The number of hydrogen-bond donors (Lipinski definition) is 1. The molecule has 0 aromatic carbocycles. The molecule has 1 aliphatic heterocycles. The van der Waals surface area contributed by atoms with Gasteiger partial charge in [0.05, 0.1) is 12.8 Å². The van der Waals surface area contributed by atoms with Crippen LogP contribution in [0.4, 0.5) is 0 Å². The van der Waals surface area contributed by atoms with Gasteiger partial charge in [-0.15, -0.1) is 0 Å². The van der Waals surface area contributed by atoms with Crippen molar-refractivity contribution in [3.63, 3.8) is 0 Å². The molecule has 4 heteroatoms. The molecular weight excluding hydrogens is 202 g/mol. The molecule has 90 valence electrons. The summed E-state index contributed by atoms with van der Waals surface area (Å²) in [6.07, 6.45) is 2.97. The van der Waals surface area contributed by atoms with Crippen LogP contribution in [0.1, 0.15) is 17.7 Å². The second kappa shape index (κ2) is 4.99. The highest BCUT2D eigenvalue weighted by Crippen LogP contribution is 2.18. The van der Waals surface area contributed by atoms with E-state index < -0.39 is 0 Å². The normalized spacial score (nSPS) is 22.1. The predicted molar refractivity (Wildman–Crippen MR) is 64.0 cm³/mol. The molecule has 1 aromatic rings. The topological polar surface area (TPSA) is 45.6 Å². The van der Waals surface area contributed by atoms with Crippen molar-refractivity contribution in [2.45, 2.75) is 25.6 Å². The quantitative estimate of drug-likeness (QED) is 0.823. The minimum Gasteiger partial charge on any atom is -0.468 e. The molecule has 16 heavy (non-hydrogen) atoms. The average molecular weight is 223 g/mol. The first-order chi connectivity index (χ1) is 7.70. The number of furan rings is 1. The second-order valence-corrected chi connectivity index (χ2v) is 4.71. The Bertz CT molecular complexity index is 335. The van der Waals surface area contributed by atoms with Crippen LogP contribution < -0.4 is 5.73 Å². The largest absolute Gasteiger partial charge is 0.468 e. The van der Waals surface area contributed by atoms with Gasteiger partial charge in [0.15, 0.2) is 0 Å². The zero-order valence-corrected chi connectivity index (χ0v) is 10.1. The first-order valence-corrected chi connectivity index (χ1v) is 5.84. The summed E-state index contributed by atoms with van der Waals surface area (Å²) in [5.41, 5.74) is 6.79. The minimum absolute atomic E-state index is 0.566. The van der Waals surface area contributed by atoms with Crippen LogP contribution >= 0.6 is 0 Å². The summed E-state index contributed by atoms with van der Waals surface area (Å²) in [5, 5.41) is 0. The maximum atomic E-state index is 5.66. The summed E-state index contributed by atoms with van der Waals surface area (Å²) in [6, 6.07) is 2.64. The van der Waals surface area contributed by atoms with Gasteiger partial charge in [0, 0.05) is 31.2 Å². The molecule has 1 fully saturated rings. The van der Waals surface area contributed by atoms with Crippen LogP contribution in [-0.4, -0.2) is 43.0 Å². The van der Waals surface area contributed by atoms with Gasteiger partial charge in [-0.3, -0.25) is 4.90 Å². The van der Waals surface area contributed by atoms with Crippen molar-refractivity contribution in [2.24, 2.45) is 5.73 Å². The molecular formula is C12H21N3O. The molecule has 4 nitrogen and oxygen atoms in total. The minimum atomic E-state index is 0.566. The molecule has 0 radical (unpaired) electrons. The highest BCUT2D eigenvalue weighted by atomic mass is 16.3. The number of hydrogen-bond acceptors (Lipinski definition) is 4. The van der Waals surface area contributed by atoms with E-state index in [9.17, 15) is 0 Å². The molecule has 0 amide bonds. The van der Waals surface area contributed by atoms with E-state index in [1.807, 2.05) is 6.07 Å². The van der Waals surface area contributed by atoms with Crippen LogP contribution in [0.5, 0.6) is 0 Å². The summed E-state index contributed by atoms with van der Waals surface area (Å²) in [4.78, 5) is 4.73. The van der Waals surface area contributed by atoms with Crippen molar-refractivity contribution >= 4 is 0 Å². The molecule has 0 spiro atoms. The van der Waals surface area contributed by atoms with Crippen molar-refractivity contribution in [3.8, 4) is 0 Å². The van der Waals surface area contributed by atoms with Crippen LogP contribution in [0.15, 0.2) is 16.7 Å². The molecule has 2 rings (SSSR count). The van der Waals surface area contributed by atoms with E-state index in [4.69, 9.17) is 10.2 Å². The Morgan fingerprint density at radius 2 is 2.38 bits per heavy atom. The van der Waals surface area contributed by atoms with Gasteiger partial charge in [0.25, 0.3) is 0 Å². The van der Waals surface area contributed by atoms with Crippen LogP contribution in [0.2, 0.25) is 0 Å². The Labute approximate surface area is 97.0 Å². The zero-order chi connectivity index (χ0) is 11.5. The monoisotopic (exact) mass is 223 g/mol. The summed E-state index contributed by atoms with van der Waals surface area (Å²) in [6.45, 7) is 3.73. The summed E-state index contributed by atoms with van der Waals surface area (Å²) in [5.74, 6) is 1.03. The maximum Gasteiger partial charge on any atom is 0.122 e. The fourth-order valence-electron chi connectivity index (χ4n) is 2.27. The zero-order valence-electron chi connectivity index (χ0n) is 10.1. The lowest BCUT2D eigenvalue weighted by Crippen LogP contribution is -2.31. The first-order valence-electron chi connectivity index (χ1n) is 5.84. The van der Waals surface area contributed by atoms with E-state index in [-0.39, 0.29) is 0 Å². The Morgan fingerprint density at radius 3 is 3.00 bits per heavy atom. The first kappa shape index (κ1) is 11.6. The van der Waals surface area contributed by atoms with Crippen LogP contribution in [0.25, 0.3) is 0 Å². The van der Waals surface area contributed by atoms with Gasteiger partial charge < -0.3 is 15.1 Å². The highest BCUT2D eigenvalue weighted by Gasteiger charge is 2.24. The Morgan fingerprint density at radius 1 is 1.56 bits per heavy atom. The van der Waals surface area contributed by atoms with Crippen molar-refractivity contribution in [2.75, 3.05) is 27.2 Å². The molecule has 1 aliphatic rings. The van der Waals surface area contributed by atoms with Crippen molar-refractivity contribution in [1.82, 2.24) is 9.80 Å². The van der Waals surface area contributed by atoms with Gasteiger partial charge in [-0.25, -0.2) is 0 Å². The maximum absolute atomic E-state index is 5.66. The third-order valence-corrected chi connectivity index (χ3v) is 3.40. The third-order valence-electron chi connectivity index (χ3n) is 3.40. The van der Waals surface area contributed by atoms with Crippen molar-refractivity contribution in [3.05, 3.63) is 23.7 Å². The summed E-state index contributed by atoms with van der Waals surface area (Å²) < 4.78 is 5.48. The predicted octanol–water partition coefficient (Wildman–Crippen LogP) is 0.874. The Kier molecular flexibility index (Phi) is 3.63. The number of rotatable bonds is 4. The lowest BCUT2D eigenvalue weighted by atomic mass is 10.2. The van der Waals surface area contributed by atoms with E-state index in [1.54, 1.807) is 6.26 Å². The summed E-state index contributed by atoms with van der Waals surface area (Å²) >= 11 is 0. The average Bonchev–Trinajstić information content (AvgIpc) is 2.87. The highest BCUT2D eigenvalue weighted by molar-refractivity contribution is 5.16. The SMILES string of the molecule is CN(C)C1CCN(Cc2occc2CN)C1. The molecule has 0 saturated carbocycles. The Hall–Kier alpha value is -0.840. The smallest absolute Gasteiger partial charge is 0.122 e. The van der Waals surface area contributed by atoms with E-state index >= 15 is 0 Å². The lowest BCUT2D eigenvalue weighted by molar-refractivity contribution is 0.251. The van der Waals surface area contributed by atoms with Crippen molar-refractivity contribution < 1.29 is 4.42 Å². The van der Waals surface area contributed by atoms with Crippen LogP contribution in [0.3, 0.4) is 0 Å². The van der Waals surface area contributed by atoms with Crippen LogP contribution in [0, 0.1) is 0 Å². The van der Waals surface area contributed by atoms with Gasteiger partial charge in [-0.1, -0.05) is 0 Å². The molecule has 2 N–H and O–H groups in total. The fraction of sp³-hybridized carbons (Fsp3) is 0.667. The van der Waals surface area contributed by atoms with E-state index in [0.717, 1.165) is 31.0 Å². The lowest BCUT2D eigenvalue weighted by Gasteiger charge is -2.19. The second-order valence-electron chi connectivity index (χ2n) is 4.71. The number of nitrogens with zero attached hydrogens (tertiary/aromatic N) is 2. The standard InChI is InChI=1S/C12H21N3O/c1-14(2)11-3-5-15(8-11)9-12-10(7-13)4-6-16-12/h4,6,11H,3,5,7-9,13H2,1-2H3. The summed E-state index contributed by atoms with van der Waals surface area (Å²) in [7, 11) is 4.29. The third kappa shape index (κ3) is 2.45. The molecule has 2 heterocycles. The molecule has 1 unspecified atom stereocenters. The number of likely N-dealkylation sites (tertiary alicyclic amines) is 1. The molecule has 1 aromatic heterocycles. The van der Waals surface area contributed by atoms with Gasteiger partial charge >= 0.3 is 0 Å². The Balaban J connectivity index is 1.92. The molecule has 1 saturated heterocycles. The molecule has 1 atom stereocenters. The van der Waals surface area contributed by atoms with E-state index in [0.29, 0.717) is 12.6 Å². The van der Waals surface area contributed by atoms with Gasteiger partial charge in [0.1, 0.15) is 5.76 Å². The van der Waals surface area contributed by atoms with E-state index in [1.165, 1.54) is 6.42 Å².